The quantitative estimate of drug-likeness (QED) is 0.201. The van der Waals surface area contributed by atoms with Gasteiger partial charge in [-0.15, -0.1) is 0 Å². The van der Waals surface area contributed by atoms with Crippen molar-refractivity contribution in [2.45, 2.75) is 30.1 Å². The van der Waals surface area contributed by atoms with Gasteiger partial charge in [0.25, 0.3) is 5.56 Å². The van der Waals surface area contributed by atoms with Crippen molar-refractivity contribution in [3.05, 3.63) is 58.6 Å². The second-order valence-corrected chi connectivity index (χ2v) is 10.8. The lowest BCUT2D eigenvalue weighted by Crippen LogP contribution is -2.52. The van der Waals surface area contributed by atoms with Crippen LogP contribution in [0.25, 0.3) is 16.6 Å². The van der Waals surface area contributed by atoms with Crippen LogP contribution in [0.2, 0.25) is 0 Å². The van der Waals surface area contributed by atoms with E-state index in [9.17, 15) is 13.2 Å². The second kappa shape index (κ2) is 9.65. The molecule has 2 heterocycles. The molecule has 2 aromatic heterocycles. The van der Waals surface area contributed by atoms with Gasteiger partial charge in [0.05, 0.1) is 16.6 Å². The first kappa shape index (κ1) is 26.1. The number of pyridine rings is 1. The van der Waals surface area contributed by atoms with Crippen LogP contribution in [0.1, 0.15) is 25.3 Å². The summed E-state index contributed by atoms with van der Waals surface area (Å²) in [7, 11) is -0.161. The van der Waals surface area contributed by atoms with E-state index >= 15 is 0 Å². The number of nitrogens with one attached hydrogen (secondary N) is 2. The van der Waals surface area contributed by atoms with E-state index in [2.05, 4.69) is 29.5 Å². The summed E-state index contributed by atoms with van der Waals surface area (Å²) in [6.07, 6.45) is 6.88. The lowest BCUT2D eigenvalue weighted by Gasteiger charge is -2.48. The fraction of sp³-hybridized carbons (Fsp3) is 0.375. The van der Waals surface area contributed by atoms with Crippen molar-refractivity contribution in [1.29, 1.82) is 10.8 Å². The Kier molecular flexibility index (Phi) is 7.42. The SMILES string of the molecule is CC1CC(C(=N)N(C)C=N)(c2cccc(-n3cc(S(C)(=O)=O)c4ccn(C)c4c3=O)c2)C1.CI. The Bertz CT molecular complexity index is 1420. The van der Waals surface area contributed by atoms with Gasteiger partial charge in [-0.25, -0.2) is 8.42 Å². The summed E-state index contributed by atoms with van der Waals surface area (Å²) >= 11 is 2.15. The van der Waals surface area contributed by atoms with Gasteiger partial charge in [0.1, 0.15) is 11.4 Å². The molecule has 2 N–H and O–H groups in total. The highest BCUT2D eigenvalue weighted by Crippen LogP contribution is 2.49. The summed E-state index contributed by atoms with van der Waals surface area (Å²) in [5.41, 5.74) is 0.901. The molecule has 182 valence electrons. The van der Waals surface area contributed by atoms with Crippen LogP contribution < -0.4 is 5.56 Å². The average molecular weight is 596 g/mol. The Morgan fingerprint density at radius 2 is 1.91 bits per heavy atom. The Morgan fingerprint density at radius 1 is 1.26 bits per heavy atom. The minimum absolute atomic E-state index is 0.0985. The molecule has 8 nitrogen and oxygen atoms in total. The highest BCUT2D eigenvalue weighted by molar-refractivity contribution is 14.1. The lowest BCUT2D eigenvalue weighted by molar-refractivity contribution is 0.217. The minimum atomic E-state index is -3.57. The molecule has 1 saturated carbocycles. The third-order valence-corrected chi connectivity index (χ3v) is 7.60. The van der Waals surface area contributed by atoms with Gasteiger partial charge in [-0.1, -0.05) is 41.6 Å². The number of halogens is 1. The molecule has 10 heteroatoms. The fourth-order valence-electron chi connectivity index (χ4n) is 4.89. The highest BCUT2D eigenvalue weighted by Gasteiger charge is 2.48. The van der Waals surface area contributed by atoms with E-state index in [0.29, 0.717) is 28.3 Å². The number of hydrogen-bond donors (Lipinski definition) is 2. The van der Waals surface area contributed by atoms with Crippen LogP contribution in [0.15, 0.2) is 52.4 Å². The van der Waals surface area contributed by atoms with Crippen LogP contribution in [0, 0.1) is 16.7 Å². The maximum atomic E-state index is 13.3. The molecule has 1 fully saturated rings. The van der Waals surface area contributed by atoms with Crippen molar-refractivity contribution >= 4 is 55.5 Å². The van der Waals surface area contributed by atoms with Gasteiger partial charge < -0.3 is 9.47 Å². The Balaban J connectivity index is 0.00000158. The number of benzene rings is 1. The summed E-state index contributed by atoms with van der Waals surface area (Å²) in [5.74, 6) is 0.780. The van der Waals surface area contributed by atoms with Crippen molar-refractivity contribution in [3.8, 4) is 5.69 Å². The number of fused-ring (bicyclic) bond motifs is 1. The minimum Gasteiger partial charge on any atom is -0.346 e. The molecule has 0 aliphatic heterocycles. The zero-order valence-corrected chi connectivity index (χ0v) is 22.9. The molecule has 0 bridgehead atoms. The molecule has 1 aromatic carbocycles. The normalized spacial score (nSPS) is 19.6. The van der Waals surface area contributed by atoms with Gasteiger partial charge in [0.15, 0.2) is 9.84 Å². The van der Waals surface area contributed by atoms with Crippen molar-refractivity contribution in [2.24, 2.45) is 13.0 Å². The summed E-state index contributed by atoms with van der Waals surface area (Å²) < 4.78 is 28.0. The number of amidine groups is 1. The van der Waals surface area contributed by atoms with Gasteiger partial charge >= 0.3 is 0 Å². The van der Waals surface area contributed by atoms with E-state index in [1.165, 1.54) is 15.7 Å². The molecule has 0 unspecified atom stereocenters. The molecule has 0 spiro atoms. The van der Waals surface area contributed by atoms with Gasteiger partial charge in [0.2, 0.25) is 0 Å². The van der Waals surface area contributed by atoms with E-state index < -0.39 is 15.3 Å². The number of likely N-dealkylation sites (N-methyl/N-ethyl adjacent to an activating group) is 1. The molecule has 1 aliphatic carbocycles. The highest BCUT2D eigenvalue weighted by atomic mass is 127. The van der Waals surface area contributed by atoms with Crippen molar-refractivity contribution < 1.29 is 8.42 Å². The Hall–Kier alpha value is -2.47. The van der Waals surface area contributed by atoms with Crippen molar-refractivity contribution in [3.63, 3.8) is 0 Å². The average Bonchev–Trinajstić information content (AvgIpc) is 3.18. The van der Waals surface area contributed by atoms with Crippen molar-refractivity contribution in [1.82, 2.24) is 14.0 Å². The van der Waals surface area contributed by atoms with Crippen LogP contribution >= 0.6 is 22.6 Å². The third kappa shape index (κ3) is 4.33. The summed E-state index contributed by atoms with van der Waals surface area (Å²) in [5, 5.41) is 16.7. The monoisotopic (exact) mass is 595 g/mol. The van der Waals surface area contributed by atoms with E-state index in [1.54, 1.807) is 37.0 Å². The molecular weight excluding hydrogens is 565 g/mol. The second-order valence-electron chi connectivity index (χ2n) is 8.86. The largest absolute Gasteiger partial charge is 0.346 e. The first-order chi connectivity index (χ1) is 16.0. The van der Waals surface area contributed by atoms with Gasteiger partial charge in [-0.2, -0.15) is 0 Å². The Morgan fingerprint density at radius 3 is 2.47 bits per heavy atom. The van der Waals surface area contributed by atoms with E-state index in [-0.39, 0.29) is 10.5 Å². The summed E-state index contributed by atoms with van der Waals surface area (Å²) in [4.78, 5) is 16.9. The van der Waals surface area contributed by atoms with Gasteiger partial charge in [-0.05, 0) is 47.5 Å². The lowest BCUT2D eigenvalue weighted by atomic mass is 9.58. The van der Waals surface area contributed by atoms with Gasteiger partial charge in [-0.3, -0.25) is 20.2 Å². The zero-order chi connectivity index (χ0) is 25.4. The van der Waals surface area contributed by atoms with Crippen LogP contribution in [0.5, 0.6) is 0 Å². The molecule has 1 aliphatic rings. The molecule has 0 radical (unpaired) electrons. The topological polar surface area (TPSA) is 112 Å². The predicted octanol–water partition coefficient (Wildman–Crippen LogP) is 3.97. The standard InChI is InChI=1S/C23H27N5O3S.CH3I/c1-15-11-23(12-15,22(25)27(3)14-24)16-6-5-7-17(10-16)28-13-19(32(4,30)31)18-8-9-26(2)20(18)21(28)29;1-2/h5-10,13-15,24-25H,11-12H2,1-4H3;1H3. The smallest absolute Gasteiger partial charge is 0.279 e. The number of alkyl halides is 1. The molecule has 0 amide bonds. The number of hydrogen-bond acceptors (Lipinski definition) is 5. The maximum absolute atomic E-state index is 13.3. The van der Waals surface area contributed by atoms with Crippen LogP contribution in [-0.4, -0.2) is 52.9 Å². The molecule has 0 atom stereocenters. The number of aryl methyl sites for hydroxylation is 1. The van der Waals surface area contributed by atoms with Gasteiger partial charge in [0, 0.05) is 43.8 Å². The van der Waals surface area contributed by atoms with Crippen LogP contribution in [0.3, 0.4) is 0 Å². The fourth-order valence-corrected chi connectivity index (χ4v) is 5.75. The van der Waals surface area contributed by atoms with E-state index in [1.807, 2.05) is 23.1 Å². The first-order valence-corrected chi connectivity index (χ1v) is 14.8. The summed E-state index contributed by atoms with van der Waals surface area (Å²) in [6.45, 7) is 2.13. The third-order valence-electron chi connectivity index (χ3n) is 6.48. The van der Waals surface area contributed by atoms with E-state index in [0.717, 1.165) is 31.0 Å². The molecular formula is C24H30IN5O3S. The number of sulfone groups is 1. The van der Waals surface area contributed by atoms with Crippen molar-refractivity contribution in [2.75, 3.05) is 18.2 Å². The number of aromatic nitrogens is 2. The molecule has 3 aromatic rings. The first-order valence-electron chi connectivity index (χ1n) is 10.7. The maximum Gasteiger partial charge on any atom is 0.279 e. The zero-order valence-electron chi connectivity index (χ0n) is 20.0. The number of nitrogens with zero attached hydrogens (tertiary/aromatic N) is 3. The molecule has 34 heavy (non-hydrogen) atoms. The van der Waals surface area contributed by atoms with Crippen LogP contribution in [-0.2, 0) is 22.3 Å². The van der Waals surface area contributed by atoms with E-state index in [4.69, 9.17) is 10.8 Å². The molecule has 4 rings (SSSR count). The predicted molar refractivity (Wildman–Crippen MR) is 146 cm³/mol. The van der Waals surface area contributed by atoms with Crippen LogP contribution in [0.4, 0.5) is 0 Å². The summed E-state index contributed by atoms with van der Waals surface area (Å²) in [6, 6.07) is 9.04. The number of rotatable bonds is 5. The molecule has 0 saturated heterocycles. The Labute approximate surface area is 213 Å².